The molecule has 0 radical (unpaired) electrons. The summed E-state index contributed by atoms with van der Waals surface area (Å²) in [6.07, 6.45) is 0. The number of nitrogens with one attached hydrogen (secondary N) is 1. The van der Waals surface area contributed by atoms with Crippen molar-refractivity contribution in [1.82, 2.24) is 0 Å². The number of esters is 1. The molecule has 0 heterocycles. The molecule has 124 valence electrons. The molecule has 7 nitrogen and oxygen atoms in total. The van der Waals surface area contributed by atoms with Crippen LogP contribution >= 0.6 is 11.8 Å². The molecule has 0 aliphatic carbocycles. The maximum Gasteiger partial charge on any atom is 0.316 e. The number of ether oxygens (including phenoxy) is 1. The molecule has 2 rings (SSSR count). The quantitative estimate of drug-likeness (QED) is 0.358. The van der Waals surface area contributed by atoms with Gasteiger partial charge in [-0.25, -0.2) is 0 Å². The zero-order valence-electron chi connectivity index (χ0n) is 12.5. The van der Waals surface area contributed by atoms with Gasteiger partial charge in [0, 0.05) is 22.7 Å². The van der Waals surface area contributed by atoms with E-state index in [-0.39, 0.29) is 11.4 Å². The van der Waals surface area contributed by atoms with E-state index in [2.05, 4.69) is 5.32 Å². The van der Waals surface area contributed by atoms with E-state index in [0.29, 0.717) is 5.69 Å². The number of benzene rings is 2. The zero-order chi connectivity index (χ0) is 17.4. The highest BCUT2D eigenvalue weighted by molar-refractivity contribution is 8.00. The van der Waals surface area contributed by atoms with E-state index < -0.39 is 23.4 Å². The number of nitrogens with zero attached hydrogens (tertiary/aromatic N) is 1. The van der Waals surface area contributed by atoms with Gasteiger partial charge >= 0.3 is 5.97 Å². The van der Waals surface area contributed by atoms with Crippen molar-refractivity contribution in [1.29, 1.82) is 0 Å². The largest absolute Gasteiger partial charge is 0.455 e. The van der Waals surface area contributed by atoms with Crippen molar-refractivity contribution in [3.63, 3.8) is 0 Å². The standard InChI is InChI=1S/C16H14N2O5S/c19-15(17-12-6-8-13(9-7-12)18(21)22)10-23-16(20)11-24-14-4-2-1-3-5-14/h1-9H,10-11H2,(H,17,19). The Balaban J connectivity index is 1.72. The third-order valence-corrected chi connectivity index (χ3v) is 3.81. The summed E-state index contributed by atoms with van der Waals surface area (Å²) in [5, 5.41) is 13.0. The van der Waals surface area contributed by atoms with E-state index in [4.69, 9.17) is 4.74 Å². The van der Waals surface area contributed by atoms with E-state index in [0.717, 1.165) is 4.90 Å². The molecule has 0 aromatic heterocycles. The molecule has 0 fully saturated rings. The molecule has 2 aromatic carbocycles. The molecular formula is C16H14N2O5S. The predicted molar refractivity (Wildman–Crippen MR) is 89.9 cm³/mol. The number of nitro benzene ring substituents is 1. The SMILES string of the molecule is O=C(COC(=O)CSc1ccccc1)Nc1ccc([N+](=O)[O-])cc1. The molecule has 0 bridgehead atoms. The minimum Gasteiger partial charge on any atom is -0.455 e. The van der Waals surface area contributed by atoms with Crippen molar-refractivity contribution in [2.24, 2.45) is 0 Å². The normalized spacial score (nSPS) is 10.0. The molecule has 0 aliphatic heterocycles. The van der Waals surface area contributed by atoms with Crippen LogP contribution in [0.1, 0.15) is 0 Å². The summed E-state index contributed by atoms with van der Waals surface area (Å²) in [5.41, 5.74) is 0.317. The van der Waals surface area contributed by atoms with Crippen molar-refractivity contribution in [3.8, 4) is 0 Å². The number of carbonyl (C=O) groups is 2. The van der Waals surface area contributed by atoms with Gasteiger partial charge in [0.1, 0.15) is 0 Å². The Kier molecular flexibility index (Phi) is 6.32. The Bertz CT molecular complexity index is 719. The topological polar surface area (TPSA) is 98.5 Å². The number of non-ortho nitro benzene ring substituents is 1. The smallest absolute Gasteiger partial charge is 0.316 e. The van der Waals surface area contributed by atoms with E-state index in [1.165, 1.54) is 36.0 Å². The molecule has 2 aromatic rings. The fourth-order valence-corrected chi connectivity index (χ4v) is 2.43. The minimum absolute atomic E-state index is 0.0719. The average Bonchev–Trinajstić information content (AvgIpc) is 2.59. The van der Waals surface area contributed by atoms with Crippen molar-refractivity contribution >= 4 is 35.0 Å². The summed E-state index contributed by atoms with van der Waals surface area (Å²) in [5.74, 6) is -0.904. The molecular weight excluding hydrogens is 332 g/mol. The van der Waals surface area contributed by atoms with Gasteiger partial charge in [-0.1, -0.05) is 18.2 Å². The predicted octanol–water partition coefficient (Wildman–Crippen LogP) is 2.87. The molecule has 0 atom stereocenters. The first-order valence-corrected chi connectivity index (χ1v) is 7.91. The van der Waals surface area contributed by atoms with Gasteiger partial charge < -0.3 is 10.1 Å². The molecule has 0 spiro atoms. The maximum atomic E-state index is 11.7. The van der Waals surface area contributed by atoms with Gasteiger partial charge in [0.25, 0.3) is 11.6 Å². The number of hydrogen-bond acceptors (Lipinski definition) is 6. The van der Waals surface area contributed by atoms with Gasteiger partial charge in [0.15, 0.2) is 6.61 Å². The summed E-state index contributed by atoms with van der Waals surface area (Å²) in [7, 11) is 0. The summed E-state index contributed by atoms with van der Waals surface area (Å²) < 4.78 is 4.88. The molecule has 1 N–H and O–H groups in total. The summed E-state index contributed by atoms with van der Waals surface area (Å²) in [4.78, 5) is 34.2. The third-order valence-electron chi connectivity index (χ3n) is 2.83. The van der Waals surface area contributed by atoms with Gasteiger partial charge in [-0.15, -0.1) is 11.8 Å². The molecule has 1 amide bonds. The molecule has 8 heteroatoms. The monoisotopic (exact) mass is 346 g/mol. The van der Waals surface area contributed by atoms with Crippen LogP contribution in [-0.4, -0.2) is 29.2 Å². The number of amides is 1. The average molecular weight is 346 g/mol. The fourth-order valence-electron chi connectivity index (χ4n) is 1.71. The first-order valence-electron chi connectivity index (χ1n) is 6.92. The zero-order valence-corrected chi connectivity index (χ0v) is 13.3. The number of hydrogen-bond donors (Lipinski definition) is 1. The summed E-state index contributed by atoms with van der Waals surface area (Å²) >= 11 is 1.32. The number of nitro groups is 1. The van der Waals surface area contributed by atoms with E-state index >= 15 is 0 Å². The van der Waals surface area contributed by atoms with E-state index in [1.54, 1.807) is 0 Å². The van der Waals surface area contributed by atoms with E-state index in [1.807, 2.05) is 30.3 Å². The first-order chi connectivity index (χ1) is 11.5. The third kappa shape index (κ3) is 5.73. The Hall–Kier alpha value is -2.87. The van der Waals surface area contributed by atoms with Gasteiger partial charge in [-0.3, -0.25) is 19.7 Å². The Morgan fingerprint density at radius 1 is 1.08 bits per heavy atom. The second-order valence-electron chi connectivity index (χ2n) is 4.61. The van der Waals surface area contributed by atoms with Crippen LogP contribution in [0.2, 0.25) is 0 Å². The van der Waals surface area contributed by atoms with Crippen LogP contribution in [0, 0.1) is 10.1 Å². The molecule has 24 heavy (non-hydrogen) atoms. The Labute approximate surface area is 142 Å². The van der Waals surface area contributed by atoms with Crippen LogP contribution in [0.4, 0.5) is 11.4 Å². The molecule has 0 aliphatic rings. The van der Waals surface area contributed by atoms with Gasteiger partial charge in [-0.05, 0) is 24.3 Å². The van der Waals surface area contributed by atoms with Gasteiger partial charge in [0.2, 0.25) is 0 Å². The lowest BCUT2D eigenvalue weighted by molar-refractivity contribution is -0.384. The number of rotatable bonds is 7. The summed E-state index contributed by atoms with van der Waals surface area (Å²) in [6.45, 7) is -0.412. The first kappa shape index (κ1) is 17.5. The second kappa shape index (κ2) is 8.68. The van der Waals surface area contributed by atoms with Crippen LogP contribution in [0.5, 0.6) is 0 Å². The van der Waals surface area contributed by atoms with Gasteiger partial charge in [-0.2, -0.15) is 0 Å². The van der Waals surface area contributed by atoms with Crippen LogP contribution in [-0.2, 0) is 14.3 Å². The molecule has 0 saturated heterocycles. The highest BCUT2D eigenvalue weighted by Gasteiger charge is 2.10. The Morgan fingerprint density at radius 2 is 1.75 bits per heavy atom. The van der Waals surface area contributed by atoms with Crippen LogP contribution in [0.3, 0.4) is 0 Å². The minimum atomic E-state index is -0.530. The van der Waals surface area contributed by atoms with Crippen molar-refractivity contribution in [2.45, 2.75) is 4.90 Å². The lowest BCUT2D eigenvalue weighted by atomic mass is 10.3. The highest BCUT2D eigenvalue weighted by atomic mass is 32.2. The number of carbonyl (C=O) groups excluding carboxylic acids is 2. The Morgan fingerprint density at radius 3 is 2.38 bits per heavy atom. The lowest BCUT2D eigenvalue weighted by Gasteiger charge is -2.06. The molecule has 0 unspecified atom stereocenters. The fraction of sp³-hybridized carbons (Fsp3) is 0.125. The van der Waals surface area contributed by atoms with Crippen molar-refractivity contribution < 1.29 is 19.2 Å². The highest BCUT2D eigenvalue weighted by Crippen LogP contribution is 2.17. The van der Waals surface area contributed by atoms with Crippen LogP contribution < -0.4 is 5.32 Å². The van der Waals surface area contributed by atoms with Gasteiger partial charge in [0.05, 0.1) is 10.7 Å². The molecule has 0 saturated carbocycles. The number of anilines is 1. The maximum absolute atomic E-state index is 11.7. The van der Waals surface area contributed by atoms with Crippen molar-refractivity contribution in [3.05, 3.63) is 64.7 Å². The second-order valence-corrected chi connectivity index (χ2v) is 5.66. The number of thioether (sulfide) groups is 1. The van der Waals surface area contributed by atoms with E-state index in [9.17, 15) is 19.7 Å². The van der Waals surface area contributed by atoms with Crippen LogP contribution in [0.25, 0.3) is 0 Å². The summed E-state index contributed by atoms with van der Waals surface area (Å²) in [6, 6.07) is 14.7. The lowest BCUT2D eigenvalue weighted by Crippen LogP contribution is -2.21. The van der Waals surface area contributed by atoms with Crippen molar-refractivity contribution in [2.75, 3.05) is 17.7 Å². The van der Waals surface area contributed by atoms with Crippen LogP contribution in [0.15, 0.2) is 59.5 Å².